The van der Waals surface area contributed by atoms with Gasteiger partial charge in [-0.15, -0.1) is 11.3 Å². The van der Waals surface area contributed by atoms with E-state index in [4.69, 9.17) is 5.73 Å². The van der Waals surface area contributed by atoms with Gasteiger partial charge in [0.25, 0.3) is 5.91 Å². The minimum Gasteiger partial charge on any atom is -0.396 e. The number of nitrogen functional groups attached to an aromatic ring is 1. The molecule has 2 aromatic rings. The van der Waals surface area contributed by atoms with Crippen LogP contribution in [0.4, 0.5) is 5.69 Å². The van der Waals surface area contributed by atoms with Crippen molar-refractivity contribution in [2.45, 2.75) is 46.6 Å². The summed E-state index contributed by atoms with van der Waals surface area (Å²) in [6.07, 6.45) is 4.05. The fourth-order valence-corrected chi connectivity index (χ4v) is 3.66. The van der Waals surface area contributed by atoms with Crippen LogP contribution in [0.3, 0.4) is 0 Å². The Balaban J connectivity index is 2.25. The van der Waals surface area contributed by atoms with Gasteiger partial charge >= 0.3 is 0 Å². The van der Waals surface area contributed by atoms with E-state index in [9.17, 15) is 4.79 Å². The van der Waals surface area contributed by atoms with Gasteiger partial charge in [-0.1, -0.05) is 20.8 Å². The fraction of sp³-hybridized carbons (Fsp3) is 0.533. The zero-order chi connectivity index (χ0) is 15.8. The number of anilines is 1. The number of thiophene rings is 1. The van der Waals surface area contributed by atoms with Gasteiger partial charge in [-0.3, -0.25) is 4.79 Å². The minimum atomic E-state index is -0.307. The van der Waals surface area contributed by atoms with Crippen LogP contribution in [0.15, 0.2) is 12.4 Å². The third-order valence-electron chi connectivity index (χ3n) is 2.99. The first-order valence-corrected chi connectivity index (χ1v) is 7.72. The van der Waals surface area contributed by atoms with Crippen LogP contribution in [0.2, 0.25) is 0 Å². The molecular weight excluding hydrogens is 284 g/mol. The zero-order valence-corrected chi connectivity index (χ0v) is 14.0. The molecule has 5 nitrogen and oxygen atoms in total. The van der Waals surface area contributed by atoms with E-state index < -0.39 is 0 Å². The minimum absolute atomic E-state index is 0.131. The van der Waals surface area contributed by atoms with Crippen LogP contribution in [0.25, 0.3) is 10.3 Å². The van der Waals surface area contributed by atoms with Crippen LogP contribution in [0.5, 0.6) is 0 Å². The first-order chi connectivity index (χ1) is 9.59. The van der Waals surface area contributed by atoms with Gasteiger partial charge in [0, 0.05) is 17.9 Å². The molecule has 0 spiro atoms. The van der Waals surface area contributed by atoms with Crippen molar-refractivity contribution in [3.8, 4) is 0 Å². The molecule has 0 unspecified atom stereocenters. The van der Waals surface area contributed by atoms with E-state index in [1.165, 1.54) is 11.3 Å². The van der Waals surface area contributed by atoms with Gasteiger partial charge in [-0.05, 0) is 25.7 Å². The summed E-state index contributed by atoms with van der Waals surface area (Å²) in [6.45, 7) is 10.5. The topological polar surface area (TPSA) is 80.9 Å². The second kappa shape index (κ2) is 5.26. The Kier molecular flexibility index (Phi) is 3.93. The number of rotatable bonds is 3. The lowest BCUT2D eigenvalue weighted by Gasteiger charge is -2.33. The molecule has 0 fully saturated rings. The molecule has 0 aromatic carbocycles. The van der Waals surface area contributed by atoms with Crippen LogP contribution >= 0.6 is 11.3 Å². The molecule has 0 radical (unpaired) electrons. The molecular formula is C15H22N4OS. The number of nitrogens with zero attached hydrogens (tertiary/aromatic N) is 2. The number of nitrogens with two attached hydrogens (primary N) is 1. The number of carbonyl (C=O) groups is 1. The predicted octanol–water partition coefficient (Wildman–Crippen LogP) is 3.22. The van der Waals surface area contributed by atoms with Gasteiger partial charge in [0.2, 0.25) is 0 Å². The van der Waals surface area contributed by atoms with Crippen LogP contribution in [0, 0.1) is 5.41 Å². The van der Waals surface area contributed by atoms with Gasteiger partial charge in [0.05, 0.1) is 5.69 Å². The van der Waals surface area contributed by atoms with Gasteiger partial charge < -0.3 is 11.1 Å². The van der Waals surface area contributed by atoms with Crippen molar-refractivity contribution in [2.24, 2.45) is 5.41 Å². The second-order valence-corrected chi connectivity index (χ2v) is 8.13. The molecule has 0 aliphatic heterocycles. The molecule has 2 aromatic heterocycles. The average molecular weight is 306 g/mol. The van der Waals surface area contributed by atoms with Crippen molar-refractivity contribution in [2.75, 3.05) is 5.73 Å². The van der Waals surface area contributed by atoms with Crippen LogP contribution in [0.1, 0.15) is 50.7 Å². The Morgan fingerprint density at radius 2 is 1.86 bits per heavy atom. The zero-order valence-electron chi connectivity index (χ0n) is 13.2. The lowest BCUT2D eigenvalue weighted by molar-refractivity contribution is 0.0896. The molecule has 2 rings (SSSR count). The second-order valence-electron chi connectivity index (χ2n) is 7.13. The smallest absolute Gasteiger partial charge is 0.264 e. The Bertz CT molecular complexity index is 670. The number of aromatic nitrogens is 2. The third-order valence-corrected chi connectivity index (χ3v) is 4.10. The third kappa shape index (κ3) is 3.69. The number of amides is 1. The monoisotopic (exact) mass is 306 g/mol. The Labute approximate surface area is 129 Å². The predicted molar refractivity (Wildman–Crippen MR) is 87.4 cm³/mol. The molecule has 6 heteroatoms. The summed E-state index contributed by atoms with van der Waals surface area (Å²) in [5.74, 6) is -0.161. The van der Waals surface area contributed by atoms with E-state index >= 15 is 0 Å². The summed E-state index contributed by atoms with van der Waals surface area (Å²) in [6, 6.07) is 0. The van der Waals surface area contributed by atoms with Crippen LogP contribution in [-0.4, -0.2) is 21.4 Å². The Morgan fingerprint density at radius 3 is 2.43 bits per heavy atom. The standard InChI is InChI=1S/C15H22N4OS/c1-14(2,3)8-15(4,5)19-12(20)11-9(16)10-13(21-11)18-7-6-17-10/h6-7H,8,16H2,1-5H3,(H,19,20). The summed E-state index contributed by atoms with van der Waals surface area (Å²) in [5.41, 5.74) is 6.86. The summed E-state index contributed by atoms with van der Waals surface area (Å²) < 4.78 is 0. The molecule has 2 heterocycles. The first kappa shape index (κ1) is 15.7. The van der Waals surface area contributed by atoms with Crippen LogP contribution in [-0.2, 0) is 0 Å². The molecule has 0 saturated heterocycles. The number of fused-ring (bicyclic) bond motifs is 1. The molecule has 21 heavy (non-hydrogen) atoms. The molecule has 114 valence electrons. The fourth-order valence-electron chi connectivity index (χ4n) is 2.75. The molecule has 1 amide bonds. The molecule has 3 N–H and O–H groups in total. The molecule has 0 bridgehead atoms. The summed E-state index contributed by atoms with van der Waals surface area (Å²) in [5, 5.41) is 3.07. The average Bonchev–Trinajstić information content (AvgIpc) is 2.64. The highest BCUT2D eigenvalue weighted by molar-refractivity contribution is 7.21. The van der Waals surface area contributed by atoms with Crippen molar-refractivity contribution in [1.82, 2.24) is 15.3 Å². The molecule has 0 aliphatic carbocycles. The van der Waals surface area contributed by atoms with Crippen molar-refractivity contribution in [1.29, 1.82) is 0 Å². The Hall–Kier alpha value is -1.69. The van der Waals surface area contributed by atoms with Gasteiger partial charge in [-0.2, -0.15) is 0 Å². The summed E-state index contributed by atoms with van der Waals surface area (Å²) in [7, 11) is 0. The normalized spacial score (nSPS) is 12.6. The van der Waals surface area contributed by atoms with E-state index in [-0.39, 0.29) is 16.9 Å². The summed E-state index contributed by atoms with van der Waals surface area (Å²) >= 11 is 1.28. The van der Waals surface area contributed by atoms with Crippen molar-refractivity contribution < 1.29 is 4.79 Å². The maximum absolute atomic E-state index is 12.5. The Morgan fingerprint density at radius 1 is 1.24 bits per heavy atom. The first-order valence-electron chi connectivity index (χ1n) is 6.91. The summed E-state index contributed by atoms with van der Waals surface area (Å²) in [4.78, 5) is 22.1. The highest BCUT2D eigenvalue weighted by Gasteiger charge is 2.29. The van der Waals surface area contributed by atoms with E-state index in [0.717, 1.165) is 6.42 Å². The van der Waals surface area contributed by atoms with E-state index in [0.29, 0.717) is 20.9 Å². The number of hydrogen-bond acceptors (Lipinski definition) is 5. The van der Waals surface area contributed by atoms with Gasteiger partial charge in [0.1, 0.15) is 15.2 Å². The molecule has 0 atom stereocenters. The SMILES string of the molecule is CC(C)(C)CC(C)(C)NC(=O)c1sc2nccnc2c1N. The maximum Gasteiger partial charge on any atom is 0.264 e. The number of hydrogen-bond donors (Lipinski definition) is 2. The number of nitrogens with one attached hydrogen (secondary N) is 1. The highest BCUT2D eigenvalue weighted by Crippen LogP contribution is 2.32. The largest absolute Gasteiger partial charge is 0.396 e. The van der Waals surface area contributed by atoms with E-state index in [1.54, 1.807) is 12.4 Å². The van der Waals surface area contributed by atoms with E-state index in [1.807, 2.05) is 13.8 Å². The molecule has 0 aliphatic rings. The maximum atomic E-state index is 12.5. The van der Waals surface area contributed by atoms with Gasteiger partial charge in [-0.25, -0.2) is 9.97 Å². The highest BCUT2D eigenvalue weighted by atomic mass is 32.1. The lowest BCUT2D eigenvalue weighted by atomic mass is 9.82. The quantitative estimate of drug-likeness (QED) is 0.912. The lowest BCUT2D eigenvalue weighted by Crippen LogP contribution is -2.45. The van der Waals surface area contributed by atoms with Crippen LogP contribution < -0.4 is 11.1 Å². The number of carbonyl (C=O) groups excluding carboxylic acids is 1. The van der Waals surface area contributed by atoms with Crippen molar-refractivity contribution in [3.05, 3.63) is 17.3 Å². The van der Waals surface area contributed by atoms with Crippen molar-refractivity contribution in [3.63, 3.8) is 0 Å². The van der Waals surface area contributed by atoms with Gasteiger partial charge in [0.15, 0.2) is 0 Å². The van der Waals surface area contributed by atoms with E-state index in [2.05, 4.69) is 36.1 Å². The van der Waals surface area contributed by atoms with Crippen molar-refractivity contribution >= 4 is 33.3 Å². The molecule has 0 saturated carbocycles.